The lowest BCUT2D eigenvalue weighted by Gasteiger charge is -2.28. The Morgan fingerprint density at radius 2 is 2.14 bits per heavy atom. The van der Waals surface area contributed by atoms with E-state index in [1.165, 1.54) is 0 Å². The summed E-state index contributed by atoms with van der Waals surface area (Å²) in [5, 5.41) is 9.50. The third-order valence-electron chi connectivity index (χ3n) is 4.54. The molecule has 1 aliphatic heterocycles. The minimum absolute atomic E-state index is 0.0134. The van der Waals surface area contributed by atoms with Gasteiger partial charge in [-0.25, -0.2) is 0 Å². The summed E-state index contributed by atoms with van der Waals surface area (Å²) in [6.07, 6.45) is 0.496. The number of carbonyl (C=O) groups excluding carboxylic acids is 1. The van der Waals surface area contributed by atoms with Crippen LogP contribution in [0.25, 0.3) is 0 Å². The first-order valence-electron chi connectivity index (χ1n) is 7.56. The lowest BCUT2D eigenvalue weighted by Crippen LogP contribution is -2.41. The number of carboxylic acid groups (broad SMARTS) is 1. The van der Waals surface area contributed by atoms with Crippen molar-refractivity contribution in [2.75, 3.05) is 19.7 Å². The van der Waals surface area contributed by atoms with Gasteiger partial charge < -0.3 is 14.7 Å². The number of nitrogens with zero attached hydrogens (tertiary/aromatic N) is 1. The van der Waals surface area contributed by atoms with E-state index in [-0.39, 0.29) is 25.0 Å². The molecule has 1 unspecified atom stereocenters. The molecule has 0 bridgehead atoms. The Morgan fingerprint density at radius 1 is 1.41 bits per heavy atom. The van der Waals surface area contributed by atoms with Crippen molar-refractivity contribution in [3.63, 3.8) is 0 Å². The highest BCUT2D eigenvalue weighted by molar-refractivity contribution is 5.81. The highest BCUT2D eigenvalue weighted by Gasteiger charge is 2.48. The second-order valence-electron chi connectivity index (χ2n) is 6.29. The molecular weight excluding hydrogens is 282 g/mol. The van der Waals surface area contributed by atoms with Crippen molar-refractivity contribution in [2.45, 2.75) is 27.2 Å². The van der Waals surface area contributed by atoms with E-state index in [2.05, 4.69) is 0 Å². The lowest BCUT2D eigenvalue weighted by molar-refractivity contribution is -0.151. The highest BCUT2D eigenvalue weighted by Crippen LogP contribution is 2.38. The predicted octanol–water partition coefficient (Wildman–Crippen LogP) is 2.33. The summed E-state index contributed by atoms with van der Waals surface area (Å²) in [4.78, 5) is 25.4. The Kier molecular flexibility index (Phi) is 4.74. The van der Waals surface area contributed by atoms with E-state index in [0.717, 1.165) is 5.56 Å². The van der Waals surface area contributed by atoms with Gasteiger partial charge in [0.05, 0.1) is 5.41 Å². The van der Waals surface area contributed by atoms with E-state index >= 15 is 0 Å². The largest absolute Gasteiger partial charge is 0.484 e. The molecule has 22 heavy (non-hydrogen) atoms. The van der Waals surface area contributed by atoms with Crippen molar-refractivity contribution in [1.82, 2.24) is 4.90 Å². The maximum Gasteiger partial charge on any atom is 0.311 e. The zero-order chi connectivity index (χ0) is 16.3. The van der Waals surface area contributed by atoms with Crippen molar-refractivity contribution < 1.29 is 19.4 Å². The molecule has 1 heterocycles. The van der Waals surface area contributed by atoms with Crippen LogP contribution in [0.4, 0.5) is 0 Å². The van der Waals surface area contributed by atoms with Gasteiger partial charge >= 0.3 is 5.97 Å². The predicted molar refractivity (Wildman–Crippen MR) is 82.8 cm³/mol. The first-order chi connectivity index (χ1) is 10.3. The standard InChI is InChI=1S/C17H23NO4/c1-12(2)17(16(20)21)7-8-18(11-17)15(19)10-22-14-6-4-5-13(3)9-14/h4-6,9,12H,7-8,10-11H2,1-3H3,(H,20,21). The number of aryl methyl sites for hydroxylation is 1. The number of aliphatic carboxylic acids is 1. The third kappa shape index (κ3) is 3.24. The fourth-order valence-electron chi connectivity index (χ4n) is 2.88. The number of carbonyl (C=O) groups is 2. The van der Waals surface area contributed by atoms with Crippen LogP contribution in [0, 0.1) is 18.3 Å². The minimum atomic E-state index is -0.834. The van der Waals surface area contributed by atoms with E-state index < -0.39 is 11.4 Å². The number of rotatable bonds is 5. The number of hydrogen-bond donors (Lipinski definition) is 1. The van der Waals surface area contributed by atoms with Gasteiger partial charge in [0.25, 0.3) is 5.91 Å². The number of benzene rings is 1. The maximum atomic E-state index is 12.2. The molecule has 1 aromatic carbocycles. The van der Waals surface area contributed by atoms with Crippen LogP contribution >= 0.6 is 0 Å². The lowest BCUT2D eigenvalue weighted by atomic mass is 9.76. The molecule has 1 amide bonds. The second kappa shape index (κ2) is 6.38. The zero-order valence-corrected chi connectivity index (χ0v) is 13.3. The van der Waals surface area contributed by atoms with Crippen molar-refractivity contribution in [3.05, 3.63) is 29.8 Å². The molecule has 0 spiro atoms. The Morgan fingerprint density at radius 3 is 2.68 bits per heavy atom. The molecular formula is C17H23NO4. The van der Waals surface area contributed by atoms with Gasteiger partial charge in [-0.05, 0) is 37.0 Å². The molecule has 1 aromatic rings. The molecule has 5 heteroatoms. The van der Waals surface area contributed by atoms with Crippen LogP contribution < -0.4 is 4.74 Å². The molecule has 0 radical (unpaired) electrons. The second-order valence-corrected chi connectivity index (χ2v) is 6.29. The minimum Gasteiger partial charge on any atom is -0.484 e. The smallest absolute Gasteiger partial charge is 0.311 e. The van der Waals surface area contributed by atoms with Crippen LogP contribution in [0.5, 0.6) is 5.75 Å². The van der Waals surface area contributed by atoms with Crippen LogP contribution in [-0.2, 0) is 9.59 Å². The summed E-state index contributed by atoms with van der Waals surface area (Å²) in [5.74, 6) is -0.343. The number of ether oxygens (including phenoxy) is 1. The van der Waals surface area contributed by atoms with Crippen molar-refractivity contribution in [2.24, 2.45) is 11.3 Å². The fraction of sp³-hybridized carbons (Fsp3) is 0.529. The average Bonchev–Trinajstić information content (AvgIpc) is 2.91. The van der Waals surface area contributed by atoms with Crippen LogP contribution in [0.3, 0.4) is 0 Å². The number of amides is 1. The van der Waals surface area contributed by atoms with E-state index in [1.807, 2.05) is 39.0 Å². The Bertz CT molecular complexity index is 570. The average molecular weight is 305 g/mol. The molecule has 1 atom stereocenters. The quantitative estimate of drug-likeness (QED) is 0.906. The zero-order valence-electron chi connectivity index (χ0n) is 13.3. The monoisotopic (exact) mass is 305 g/mol. The van der Waals surface area contributed by atoms with Gasteiger partial charge in [0, 0.05) is 13.1 Å². The summed E-state index contributed by atoms with van der Waals surface area (Å²) in [6.45, 7) is 6.42. The molecule has 5 nitrogen and oxygen atoms in total. The molecule has 0 aliphatic carbocycles. The Labute approximate surface area is 130 Å². The van der Waals surface area contributed by atoms with Crippen molar-refractivity contribution >= 4 is 11.9 Å². The van der Waals surface area contributed by atoms with Crippen molar-refractivity contribution in [3.8, 4) is 5.75 Å². The van der Waals surface area contributed by atoms with Crippen LogP contribution in [0.15, 0.2) is 24.3 Å². The molecule has 1 saturated heterocycles. The maximum absolute atomic E-state index is 12.2. The highest BCUT2D eigenvalue weighted by atomic mass is 16.5. The Hall–Kier alpha value is -2.04. The summed E-state index contributed by atoms with van der Waals surface area (Å²) in [6, 6.07) is 7.51. The summed E-state index contributed by atoms with van der Waals surface area (Å²) in [5.41, 5.74) is 0.231. The fourth-order valence-corrected chi connectivity index (χ4v) is 2.88. The van der Waals surface area contributed by atoms with Crippen LogP contribution in [0.2, 0.25) is 0 Å². The molecule has 120 valence electrons. The van der Waals surface area contributed by atoms with Crippen LogP contribution in [-0.4, -0.2) is 41.6 Å². The molecule has 1 fully saturated rings. The number of hydrogen-bond acceptors (Lipinski definition) is 3. The van der Waals surface area contributed by atoms with Crippen molar-refractivity contribution in [1.29, 1.82) is 0 Å². The molecule has 0 saturated carbocycles. The normalized spacial score (nSPS) is 21.2. The van der Waals surface area contributed by atoms with Gasteiger partial charge in [0.1, 0.15) is 5.75 Å². The SMILES string of the molecule is Cc1cccc(OCC(=O)N2CCC(C(=O)O)(C(C)C)C2)c1. The van der Waals surface area contributed by atoms with Gasteiger partial charge in [-0.1, -0.05) is 26.0 Å². The summed E-state index contributed by atoms with van der Waals surface area (Å²) >= 11 is 0. The molecule has 0 aromatic heterocycles. The van der Waals surface area contributed by atoms with E-state index in [4.69, 9.17) is 4.74 Å². The molecule has 2 rings (SSSR count). The van der Waals surface area contributed by atoms with E-state index in [0.29, 0.717) is 18.7 Å². The Balaban J connectivity index is 1.96. The number of likely N-dealkylation sites (tertiary alicyclic amines) is 1. The van der Waals surface area contributed by atoms with Gasteiger partial charge in [-0.3, -0.25) is 9.59 Å². The third-order valence-corrected chi connectivity index (χ3v) is 4.54. The van der Waals surface area contributed by atoms with E-state index in [9.17, 15) is 14.7 Å². The summed E-state index contributed by atoms with van der Waals surface area (Å²) in [7, 11) is 0. The van der Waals surface area contributed by atoms with Gasteiger partial charge in [0.15, 0.2) is 6.61 Å². The van der Waals surface area contributed by atoms with Crippen LogP contribution in [0.1, 0.15) is 25.8 Å². The van der Waals surface area contributed by atoms with Gasteiger partial charge in [-0.2, -0.15) is 0 Å². The summed E-state index contributed by atoms with van der Waals surface area (Å²) < 4.78 is 5.51. The first-order valence-corrected chi connectivity index (χ1v) is 7.56. The topological polar surface area (TPSA) is 66.8 Å². The van der Waals surface area contributed by atoms with E-state index in [1.54, 1.807) is 11.0 Å². The first kappa shape index (κ1) is 16.3. The van der Waals surface area contributed by atoms with Gasteiger partial charge in [0.2, 0.25) is 0 Å². The van der Waals surface area contributed by atoms with Gasteiger partial charge in [-0.15, -0.1) is 0 Å². The number of carboxylic acids is 1. The molecule has 1 N–H and O–H groups in total. The molecule has 1 aliphatic rings.